The number of carbonyl (C=O) groups is 1. The Balaban J connectivity index is 1.66. The lowest BCUT2D eigenvalue weighted by molar-refractivity contribution is -0.883. The van der Waals surface area contributed by atoms with Crippen LogP contribution in [0.3, 0.4) is 0 Å². The number of carbonyl (C=O) groups excluding carboxylic acids is 1. The summed E-state index contributed by atoms with van der Waals surface area (Å²) in [7, 11) is 2.14. The Morgan fingerprint density at radius 3 is 2.48 bits per heavy atom. The van der Waals surface area contributed by atoms with E-state index in [-0.39, 0.29) is 5.91 Å². The van der Waals surface area contributed by atoms with Gasteiger partial charge in [-0.3, -0.25) is 4.79 Å². The van der Waals surface area contributed by atoms with E-state index in [9.17, 15) is 4.79 Å². The summed E-state index contributed by atoms with van der Waals surface area (Å²) in [6.07, 6.45) is 0. The summed E-state index contributed by atoms with van der Waals surface area (Å²) in [5.74, 6) is 0.713. The molecule has 0 atom stereocenters. The van der Waals surface area contributed by atoms with Crippen molar-refractivity contribution < 1.29 is 14.2 Å². The third kappa shape index (κ3) is 3.59. The predicted octanol–water partition coefficient (Wildman–Crippen LogP) is 2.03. The van der Waals surface area contributed by atoms with Gasteiger partial charge in [0.05, 0.1) is 49.4 Å². The minimum absolute atomic E-state index is 0.00408. The Kier molecular flexibility index (Phi) is 4.92. The number of likely N-dealkylation sites (N-methyl/N-ethyl adjacent to an activating group) is 1. The fourth-order valence-electron chi connectivity index (χ4n) is 3.20. The van der Waals surface area contributed by atoms with Crippen LogP contribution in [0.2, 0.25) is 5.02 Å². The van der Waals surface area contributed by atoms with E-state index in [2.05, 4.69) is 17.2 Å². The summed E-state index contributed by atoms with van der Waals surface area (Å²) >= 11 is 6.22. The highest BCUT2D eigenvalue weighted by Gasteiger charge is 2.26. The number of amides is 1. The van der Waals surface area contributed by atoms with Gasteiger partial charge in [-0.2, -0.15) is 4.98 Å². The van der Waals surface area contributed by atoms with Gasteiger partial charge in [0.15, 0.2) is 0 Å². The van der Waals surface area contributed by atoms with Gasteiger partial charge in [-0.1, -0.05) is 41.0 Å². The fraction of sp³-hybridized carbons (Fsp3) is 0.250. The summed E-state index contributed by atoms with van der Waals surface area (Å²) in [6, 6.07) is 14.7. The highest BCUT2D eigenvalue weighted by atomic mass is 35.5. The van der Waals surface area contributed by atoms with Crippen LogP contribution in [-0.4, -0.2) is 54.2 Å². The molecule has 27 heavy (non-hydrogen) atoms. The molecule has 4 rings (SSSR count). The molecule has 0 saturated carbocycles. The van der Waals surface area contributed by atoms with Gasteiger partial charge < -0.3 is 14.3 Å². The zero-order valence-electron chi connectivity index (χ0n) is 15.0. The molecule has 1 aromatic heterocycles. The number of hydrogen-bond donors (Lipinski definition) is 1. The second-order valence-corrected chi connectivity index (χ2v) is 7.11. The van der Waals surface area contributed by atoms with Crippen molar-refractivity contribution in [3.63, 3.8) is 0 Å². The van der Waals surface area contributed by atoms with Crippen LogP contribution in [0.1, 0.15) is 10.4 Å². The molecule has 0 unspecified atom stereocenters. The molecular formula is C20H20ClN4O2+. The van der Waals surface area contributed by atoms with E-state index in [0.29, 0.717) is 33.4 Å². The third-order valence-electron chi connectivity index (χ3n) is 4.83. The smallest absolute Gasteiger partial charge is 0.259 e. The van der Waals surface area contributed by atoms with Gasteiger partial charge in [0, 0.05) is 5.56 Å². The first-order valence-corrected chi connectivity index (χ1v) is 9.30. The van der Waals surface area contributed by atoms with Crippen LogP contribution < -0.4 is 4.90 Å². The van der Waals surface area contributed by atoms with E-state index < -0.39 is 0 Å². The van der Waals surface area contributed by atoms with Crippen molar-refractivity contribution in [2.24, 2.45) is 0 Å². The molecule has 2 heterocycles. The highest BCUT2D eigenvalue weighted by molar-refractivity contribution is 6.33. The lowest BCUT2D eigenvalue weighted by Gasteiger charge is -2.30. The lowest BCUT2D eigenvalue weighted by Crippen LogP contribution is -3.12. The first kappa shape index (κ1) is 17.7. The molecule has 0 bridgehead atoms. The Bertz CT molecular complexity index is 964. The van der Waals surface area contributed by atoms with Crippen molar-refractivity contribution in [3.8, 4) is 22.8 Å². The van der Waals surface area contributed by atoms with Crippen molar-refractivity contribution >= 4 is 17.5 Å². The molecule has 0 spiro atoms. The monoisotopic (exact) mass is 383 g/mol. The van der Waals surface area contributed by atoms with Crippen molar-refractivity contribution in [1.29, 1.82) is 0 Å². The number of hydrogen-bond acceptors (Lipinski definition) is 4. The standard InChI is InChI=1S/C20H19ClN4O2/c1-24-10-12-25(13-11-24)20(26)15-7-3-2-6-14(15)19-22-18(23-27-19)16-8-4-5-9-17(16)21/h2-9H,10-13H2,1H3/p+1. The number of nitrogens with zero attached hydrogens (tertiary/aromatic N) is 3. The molecule has 3 aromatic rings. The Labute approximate surface area is 162 Å². The maximum absolute atomic E-state index is 13.0. The van der Waals surface area contributed by atoms with Crippen molar-refractivity contribution in [2.75, 3.05) is 33.2 Å². The molecule has 1 aliphatic rings. The summed E-state index contributed by atoms with van der Waals surface area (Å²) < 4.78 is 5.46. The quantitative estimate of drug-likeness (QED) is 0.751. The number of quaternary nitrogens is 1. The summed E-state index contributed by atoms with van der Waals surface area (Å²) in [5, 5.41) is 4.60. The van der Waals surface area contributed by atoms with Crippen LogP contribution in [-0.2, 0) is 0 Å². The number of nitrogens with one attached hydrogen (secondary N) is 1. The number of benzene rings is 2. The Hall–Kier alpha value is -2.70. The van der Waals surface area contributed by atoms with Gasteiger partial charge in [-0.15, -0.1) is 0 Å². The average Bonchev–Trinajstić information content (AvgIpc) is 3.18. The van der Waals surface area contributed by atoms with E-state index in [1.165, 1.54) is 4.90 Å². The largest absolute Gasteiger partial charge is 0.334 e. The first-order valence-electron chi connectivity index (χ1n) is 8.92. The zero-order valence-corrected chi connectivity index (χ0v) is 15.7. The van der Waals surface area contributed by atoms with Crippen LogP contribution in [0, 0.1) is 0 Å². The molecule has 0 aliphatic carbocycles. The van der Waals surface area contributed by atoms with Crippen LogP contribution in [0.4, 0.5) is 0 Å². The molecule has 0 radical (unpaired) electrons. The number of aromatic nitrogens is 2. The van der Waals surface area contributed by atoms with E-state index in [0.717, 1.165) is 26.2 Å². The van der Waals surface area contributed by atoms with E-state index in [4.69, 9.17) is 16.1 Å². The zero-order chi connectivity index (χ0) is 18.8. The summed E-state index contributed by atoms with van der Waals surface area (Å²) in [5.41, 5.74) is 1.91. The Morgan fingerprint density at radius 1 is 1.07 bits per heavy atom. The maximum atomic E-state index is 13.0. The van der Waals surface area contributed by atoms with Gasteiger partial charge in [-0.25, -0.2) is 0 Å². The van der Waals surface area contributed by atoms with Crippen LogP contribution >= 0.6 is 11.6 Å². The lowest BCUT2D eigenvalue weighted by atomic mass is 10.1. The van der Waals surface area contributed by atoms with Gasteiger partial charge in [0.2, 0.25) is 5.82 Å². The minimum Gasteiger partial charge on any atom is -0.334 e. The topological polar surface area (TPSA) is 63.7 Å². The van der Waals surface area contributed by atoms with Crippen LogP contribution in [0.25, 0.3) is 22.8 Å². The SMILES string of the molecule is C[NH+]1CCN(C(=O)c2ccccc2-c2nc(-c3ccccc3Cl)no2)CC1. The first-order chi connectivity index (χ1) is 13.1. The van der Waals surface area contributed by atoms with Gasteiger partial charge in [-0.05, 0) is 24.3 Å². The molecule has 2 aromatic carbocycles. The number of piperazine rings is 1. The van der Waals surface area contributed by atoms with Crippen molar-refractivity contribution in [1.82, 2.24) is 15.0 Å². The number of rotatable bonds is 3. The maximum Gasteiger partial charge on any atom is 0.259 e. The van der Waals surface area contributed by atoms with Crippen molar-refractivity contribution in [2.45, 2.75) is 0 Å². The highest BCUT2D eigenvalue weighted by Crippen LogP contribution is 2.29. The molecule has 7 heteroatoms. The molecular weight excluding hydrogens is 364 g/mol. The minimum atomic E-state index is -0.00408. The summed E-state index contributed by atoms with van der Waals surface area (Å²) in [4.78, 5) is 20.8. The van der Waals surface area contributed by atoms with E-state index >= 15 is 0 Å². The van der Waals surface area contributed by atoms with Gasteiger partial charge in [0.1, 0.15) is 0 Å². The van der Waals surface area contributed by atoms with Crippen LogP contribution in [0.15, 0.2) is 53.1 Å². The van der Waals surface area contributed by atoms with Gasteiger partial charge in [0.25, 0.3) is 11.8 Å². The summed E-state index contributed by atoms with van der Waals surface area (Å²) in [6.45, 7) is 3.39. The fourth-order valence-corrected chi connectivity index (χ4v) is 3.42. The average molecular weight is 384 g/mol. The van der Waals surface area contributed by atoms with E-state index in [1.54, 1.807) is 6.07 Å². The van der Waals surface area contributed by atoms with Gasteiger partial charge >= 0.3 is 0 Å². The Morgan fingerprint density at radius 2 is 1.74 bits per heavy atom. The molecule has 1 saturated heterocycles. The second-order valence-electron chi connectivity index (χ2n) is 6.70. The normalized spacial score (nSPS) is 15.1. The molecule has 138 valence electrons. The van der Waals surface area contributed by atoms with Crippen LogP contribution in [0.5, 0.6) is 0 Å². The molecule has 1 fully saturated rings. The molecule has 1 aliphatic heterocycles. The molecule has 1 amide bonds. The van der Waals surface area contributed by atoms with E-state index in [1.807, 2.05) is 47.4 Å². The number of halogens is 1. The van der Waals surface area contributed by atoms with Crippen molar-refractivity contribution in [3.05, 3.63) is 59.1 Å². The second kappa shape index (κ2) is 7.50. The third-order valence-corrected chi connectivity index (χ3v) is 5.16. The molecule has 1 N–H and O–H groups in total. The molecule has 6 nitrogen and oxygen atoms in total. The predicted molar refractivity (Wildman–Crippen MR) is 103 cm³/mol.